The van der Waals surface area contributed by atoms with Crippen LogP contribution in [0.15, 0.2) is 43.0 Å². The van der Waals surface area contributed by atoms with Gasteiger partial charge in [-0.1, -0.05) is 81.9 Å². The van der Waals surface area contributed by atoms with Crippen LogP contribution in [0, 0.1) is 41.2 Å². The third-order valence-corrected chi connectivity index (χ3v) is 10.4. The molecule has 4 rings (SSSR count). The molecule has 1 aromatic rings. The van der Waals surface area contributed by atoms with E-state index in [2.05, 4.69) is 31.7 Å². The van der Waals surface area contributed by atoms with E-state index < -0.39 is 11.6 Å². The summed E-state index contributed by atoms with van der Waals surface area (Å²) in [6, 6.07) is 3.68. The largest absolute Gasteiger partial charge is 0.203 e. The summed E-state index contributed by atoms with van der Waals surface area (Å²) in [4.78, 5) is 0. The molecule has 0 saturated heterocycles. The average molecular weight is 537 g/mol. The van der Waals surface area contributed by atoms with Crippen molar-refractivity contribution in [1.82, 2.24) is 0 Å². The lowest BCUT2D eigenvalue weighted by molar-refractivity contribution is 0.190. The Balaban J connectivity index is 1.21. The number of hydrogen-bond acceptors (Lipinski definition) is 0. The second-order valence-electron chi connectivity index (χ2n) is 13.1. The number of allylic oxidation sites excluding steroid dienone is 5. The first-order valence-electron chi connectivity index (χ1n) is 16.5. The third-order valence-electron chi connectivity index (χ3n) is 10.4. The highest BCUT2D eigenvalue weighted by molar-refractivity contribution is 5.67. The molecule has 3 aliphatic carbocycles. The summed E-state index contributed by atoms with van der Waals surface area (Å²) in [6.07, 6.45) is 31.8. The van der Waals surface area contributed by atoms with Crippen molar-refractivity contribution in [3.8, 4) is 0 Å². The summed E-state index contributed by atoms with van der Waals surface area (Å²) in [7, 11) is 0. The predicted octanol–water partition coefficient (Wildman–Crippen LogP) is 11.8. The number of aryl methyl sites for hydroxylation is 1. The Morgan fingerprint density at radius 1 is 0.821 bits per heavy atom. The minimum atomic E-state index is -0.634. The molecule has 0 aliphatic heterocycles. The van der Waals surface area contributed by atoms with Crippen molar-refractivity contribution >= 4 is 5.57 Å². The topological polar surface area (TPSA) is 0 Å². The predicted molar refractivity (Wildman–Crippen MR) is 164 cm³/mol. The van der Waals surface area contributed by atoms with Crippen molar-refractivity contribution in [3.63, 3.8) is 0 Å². The van der Waals surface area contributed by atoms with E-state index in [-0.39, 0.29) is 0 Å². The molecule has 216 valence electrons. The summed E-state index contributed by atoms with van der Waals surface area (Å²) >= 11 is 0. The molecule has 0 nitrogen and oxygen atoms in total. The van der Waals surface area contributed by atoms with E-state index in [1.807, 2.05) is 18.2 Å². The van der Waals surface area contributed by atoms with Gasteiger partial charge in [0.15, 0.2) is 11.6 Å². The zero-order chi connectivity index (χ0) is 27.5. The maximum absolute atomic E-state index is 15.2. The zero-order valence-electron chi connectivity index (χ0n) is 24.7. The van der Waals surface area contributed by atoms with Crippen LogP contribution in [0.4, 0.5) is 8.78 Å². The molecule has 1 aromatic carbocycles. The zero-order valence-corrected chi connectivity index (χ0v) is 24.7. The fraction of sp³-hybridized carbons (Fsp3) is 0.676. The van der Waals surface area contributed by atoms with Gasteiger partial charge in [-0.2, -0.15) is 0 Å². The van der Waals surface area contributed by atoms with E-state index in [0.29, 0.717) is 29.4 Å². The summed E-state index contributed by atoms with van der Waals surface area (Å²) in [5, 5.41) is 0. The molecule has 0 N–H and O–H groups in total. The van der Waals surface area contributed by atoms with Crippen LogP contribution in [0.3, 0.4) is 0 Å². The average Bonchev–Trinajstić information content (AvgIpc) is 2.97. The molecule has 0 spiro atoms. The Labute approximate surface area is 238 Å². The maximum atomic E-state index is 15.2. The monoisotopic (exact) mass is 536 g/mol. The van der Waals surface area contributed by atoms with Crippen LogP contribution >= 0.6 is 0 Å². The summed E-state index contributed by atoms with van der Waals surface area (Å²) < 4.78 is 30.2. The van der Waals surface area contributed by atoms with Gasteiger partial charge in [0, 0.05) is 5.56 Å². The van der Waals surface area contributed by atoms with E-state index >= 15 is 8.78 Å². The Bertz CT molecular complexity index is 940. The van der Waals surface area contributed by atoms with Gasteiger partial charge in [0.25, 0.3) is 0 Å². The smallest absolute Gasteiger partial charge is 0.166 e. The normalized spacial score (nSPS) is 28.0. The first-order chi connectivity index (χ1) is 19.1. The molecule has 0 heterocycles. The molecule has 39 heavy (non-hydrogen) atoms. The van der Waals surface area contributed by atoms with Gasteiger partial charge in [0.05, 0.1) is 0 Å². The van der Waals surface area contributed by atoms with Gasteiger partial charge >= 0.3 is 0 Å². The van der Waals surface area contributed by atoms with Gasteiger partial charge in [-0.05, 0) is 124 Å². The second kappa shape index (κ2) is 15.9. The first kappa shape index (κ1) is 30.3. The Kier molecular flexibility index (Phi) is 12.4. The number of halogens is 2. The molecule has 2 fully saturated rings. The van der Waals surface area contributed by atoms with Crippen LogP contribution in [0.25, 0.3) is 5.57 Å². The minimum absolute atomic E-state index is 0.495. The Morgan fingerprint density at radius 3 is 2.26 bits per heavy atom. The van der Waals surface area contributed by atoms with Gasteiger partial charge in [0.2, 0.25) is 0 Å². The van der Waals surface area contributed by atoms with E-state index in [1.165, 1.54) is 83.5 Å². The fourth-order valence-electron chi connectivity index (χ4n) is 7.74. The van der Waals surface area contributed by atoms with Gasteiger partial charge in [-0.25, -0.2) is 8.78 Å². The highest BCUT2D eigenvalue weighted by atomic mass is 19.2. The summed E-state index contributed by atoms with van der Waals surface area (Å²) in [6.45, 7) is 6.14. The van der Waals surface area contributed by atoms with Crippen LogP contribution < -0.4 is 0 Å². The lowest BCUT2D eigenvalue weighted by atomic mass is 9.70. The highest BCUT2D eigenvalue weighted by Crippen LogP contribution is 2.42. The summed E-state index contributed by atoms with van der Waals surface area (Å²) in [5.41, 5.74) is 2.02. The minimum Gasteiger partial charge on any atom is -0.203 e. The Morgan fingerprint density at radius 2 is 1.56 bits per heavy atom. The number of unbranched alkanes of at least 4 members (excludes halogenated alkanes) is 2. The van der Waals surface area contributed by atoms with Gasteiger partial charge < -0.3 is 0 Å². The van der Waals surface area contributed by atoms with Crippen LogP contribution in [0.2, 0.25) is 0 Å². The van der Waals surface area contributed by atoms with Crippen molar-refractivity contribution in [3.05, 3.63) is 65.8 Å². The number of benzene rings is 1. The van der Waals surface area contributed by atoms with Gasteiger partial charge in [-0.15, -0.1) is 6.58 Å². The van der Waals surface area contributed by atoms with Crippen LogP contribution in [-0.2, 0) is 6.42 Å². The van der Waals surface area contributed by atoms with Crippen LogP contribution in [0.1, 0.15) is 134 Å². The van der Waals surface area contributed by atoms with Crippen molar-refractivity contribution in [2.45, 2.75) is 129 Å². The molecule has 1 atom stereocenters. The molecule has 3 aliphatic rings. The second-order valence-corrected chi connectivity index (χ2v) is 13.1. The van der Waals surface area contributed by atoms with Crippen molar-refractivity contribution in [1.29, 1.82) is 0 Å². The van der Waals surface area contributed by atoms with E-state index in [1.54, 1.807) is 0 Å². The van der Waals surface area contributed by atoms with Crippen molar-refractivity contribution < 1.29 is 8.78 Å². The molecule has 2 saturated carbocycles. The van der Waals surface area contributed by atoms with Crippen LogP contribution in [0.5, 0.6) is 0 Å². The molecular weight excluding hydrogens is 482 g/mol. The number of rotatable bonds is 13. The molecule has 0 bridgehead atoms. The SMILES string of the molecule is C=CCCC1CCC(C2CC=C(c3ccc(CC/C=C/C4CCC(CCCCC)CC4)c(F)c3F)CC2)CC1. The lowest BCUT2D eigenvalue weighted by Crippen LogP contribution is -2.23. The van der Waals surface area contributed by atoms with E-state index in [4.69, 9.17) is 0 Å². The highest BCUT2D eigenvalue weighted by Gasteiger charge is 2.29. The fourth-order valence-corrected chi connectivity index (χ4v) is 7.74. The number of hydrogen-bond donors (Lipinski definition) is 0. The van der Waals surface area contributed by atoms with Gasteiger partial charge in [-0.3, -0.25) is 0 Å². The molecule has 0 amide bonds. The van der Waals surface area contributed by atoms with Crippen molar-refractivity contribution in [2.24, 2.45) is 29.6 Å². The third kappa shape index (κ3) is 8.89. The standard InChI is InChI=1S/C37H54F2/c1-3-5-7-11-29-14-16-30(17-15-29)12-8-9-13-34-26-27-35(37(39)36(34)38)33-24-22-32(23-25-33)31-20-18-28(19-21-31)10-6-4-2/h4,8,12,24,26-32H,2-3,5-7,9-11,13-23,25H2,1H3/b12-8+. The Hall–Kier alpha value is -1.70. The molecule has 0 radical (unpaired) electrons. The van der Waals surface area contributed by atoms with E-state index in [0.717, 1.165) is 55.4 Å². The first-order valence-corrected chi connectivity index (χ1v) is 16.5. The van der Waals surface area contributed by atoms with Crippen molar-refractivity contribution in [2.75, 3.05) is 0 Å². The van der Waals surface area contributed by atoms with E-state index in [9.17, 15) is 0 Å². The lowest BCUT2D eigenvalue weighted by Gasteiger charge is -2.35. The molecule has 1 unspecified atom stereocenters. The molecular formula is C37H54F2. The summed E-state index contributed by atoms with van der Waals surface area (Å²) in [5.74, 6) is 2.73. The quantitative estimate of drug-likeness (QED) is 0.174. The molecule has 2 heteroatoms. The molecule has 0 aromatic heterocycles. The van der Waals surface area contributed by atoms with Gasteiger partial charge in [0.1, 0.15) is 0 Å². The maximum Gasteiger partial charge on any atom is 0.166 e. The van der Waals surface area contributed by atoms with Crippen LogP contribution in [-0.4, -0.2) is 0 Å².